The van der Waals surface area contributed by atoms with Crippen molar-refractivity contribution in [2.45, 2.75) is 48.6 Å². The van der Waals surface area contributed by atoms with Gasteiger partial charge in [-0.25, -0.2) is 4.98 Å². The number of fused-ring (bicyclic) bond motifs is 1. The number of hydrogen-bond donors (Lipinski definition) is 2. The van der Waals surface area contributed by atoms with Gasteiger partial charge in [-0.05, 0) is 44.4 Å². The minimum absolute atomic E-state index is 0.0884. The number of anilines is 2. The molecule has 0 saturated carbocycles. The normalized spacial score (nSPS) is 23.2. The minimum Gasteiger partial charge on any atom is -0.382 e. The van der Waals surface area contributed by atoms with Gasteiger partial charge in [-0.1, -0.05) is 23.4 Å². The van der Waals surface area contributed by atoms with Gasteiger partial charge < -0.3 is 21.1 Å². The van der Waals surface area contributed by atoms with E-state index >= 15 is 0 Å². The third-order valence-corrected chi connectivity index (χ3v) is 8.50. The van der Waals surface area contributed by atoms with Crippen molar-refractivity contribution >= 4 is 40.6 Å². The Kier molecular flexibility index (Phi) is 5.24. The number of nitrogens with zero attached hydrogens (tertiary/aromatic N) is 5. The molecule has 2 aliphatic heterocycles. The summed E-state index contributed by atoms with van der Waals surface area (Å²) in [5.41, 5.74) is 14.4. The van der Waals surface area contributed by atoms with E-state index in [2.05, 4.69) is 44.4 Å². The summed E-state index contributed by atoms with van der Waals surface area (Å²) in [5.74, 6) is 1.42. The Morgan fingerprint density at radius 3 is 2.81 bits per heavy atom. The van der Waals surface area contributed by atoms with Gasteiger partial charge in [0.15, 0.2) is 5.65 Å². The standard InChI is InChI=1S/C21H26ClN7OS/c1-12-9-15(28-7-4-21(5-8-28)10-30-13(2)18(21)23)29-11-26-27-20(29)17(12)31-14-3-6-25-19(24)16(14)22/h3,6,9,11,13,18H,4-5,7-8,10,23H2,1-2H3,(H2,24,25). The molecule has 5 heterocycles. The molecule has 0 bridgehead atoms. The van der Waals surface area contributed by atoms with Crippen molar-refractivity contribution in [3.8, 4) is 0 Å². The van der Waals surface area contributed by atoms with Crippen molar-refractivity contribution in [1.82, 2.24) is 19.6 Å². The second-order valence-corrected chi connectivity index (χ2v) is 9.97. The topological polar surface area (TPSA) is 108 Å². The first kappa shape index (κ1) is 20.8. The molecule has 0 aliphatic carbocycles. The first-order valence-electron chi connectivity index (χ1n) is 10.4. The molecule has 5 rings (SSSR count). The van der Waals surface area contributed by atoms with Gasteiger partial charge in [0.1, 0.15) is 18.0 Å². The van der Waals surface area contributed by atoms with E-state index in [1.54, 1.807) is 12.5 Å². The maximum absolute atomic E-state index is 6.49. The monoisotopic (exact) mass is 459 g/mol. The van der Waals surface area contributed by atoms with E-state index in [0.29, 0.717) is 10.8 Å². The number of nitrogens with two attached hydrogens (primary N) is 2. The zero-order valence-corrected chi connectivity index (χ0v) is 19.2. The van der Waals surface area contributed by atoms with E-state index in [-0.39, 0.29) is 17.6 Å². The quantitative estimate of drug-likeness (QED) is 0.615. The molecule has 31 heavy (non-hydrogen) atoms. The van der Waals surface area contributed by atoms with Gasteiger partial charge in [0, 0.05) is 35.6 Å². The van der Waals surface area contributed by atoms with Crippen LogP contribution in [-0.2, 0) is 4.74 Å². The van der Waals surface area contributed by atoms with Gasteiger partial charge in [0.25, 0.3) is 0 Å². The Morgan fingerprint density at radius 1 is 1.32 bits per heavy atom. The molecule has 3 aromatic heterocycles. The summed E-state index contributed by atoms with van der Waals surface area (Å²) in [6.45, 7) is 6.78. The van der Waals surface area contributed by atoms with Crippen molar-refractivity contribution in [2.24, 2.45) is 11.1 Å². The second kappa shape index (κ2) is 7.81. The van der Waals surface area contributed by atoms with Crippen LogP contribution in [0.2, 0.25) is 5.02 Å². The maximum Gasteiger partial charge on any atom is 0.176 e. The van der Waals surface area contributed by atoms with Crippen LogP contribution in [0.25, 0.3) is 5.65 Å². The fraction of sp³-hybridized carbons (Fsp3) is 0.476. The van der Waals surface area contributed by atoms with Crippen LogP contribution in [0.5, 0.6) is 0 Å². The molecule has 164 valence electrons. The molecule has 1 spiro atoms. The zero-order chi connectivity index (χ0) is 21.8. The Morgan fingerprint density at radius 2 is 2.10 bits per heavy atom. The van der Waals surface area contributed by atoms with E-state index in [4.69, 9.17) is 27.8 Å². The van der Waals surface area contributed by atoms with Gasteiger partial charge in [-0.2, -0.15) is 0 Å². The first-order valence-corrected chi connectivity index (χ1v) is 11.6. The molecule has 0 aromatic carbocycles. The van der Waals surface area contributed by atoms with Gasteiger partial charge in [-0.15, -0.1) is 10.2 Å². The van der Waals surface area contributed by atoms with Crippen molar-refractivity contribution in [2.75, 3.05) is 30.3 Å². The molecular weight excluding hydrogens is 434 g/mol. The number of aromatic nitrogens is 4. The summed E-state index contributed by atoms with van der Waals surface area (Å²) in [4.78, 5) is 8.29. The number of ether oxygens (including phenoxy) is 1. The molecule has 2 atom stereocenters. The lowest BCUT2D eigenvalue weighted by atomic mass is 9.73. The summed E-state index contributed by atoms with van der Waals surface area (Å²) in [5, 5.41) is 9.07. The number of nitrogen functional groups attached to an aromatic ring is 1. The van der Waals surface area contributed by atoms with Crippen LogP contribution in [-0.4, -0.2) is 51.4 Å². The molecule has 4 N–H and O–H groups in total. The summed E-state index contributed by atoms with van der Waals surface area (Å²) >= 11 is 7.91. The summed E-state index contributed by atoms with van der Waals surface area (Å²) < 4.78 is 7.93. The average molecular weight is 460 g/mol. The predicted octanol–water partition coefficient (Wildman–Crippen LogP) is 3.15. The molecular formula is C21H26ClN7OS. The average Bonchev–Trinajstić information content (AvgIpc) is 3.35. The molecule has 2 aliphatic rings. The molecule has 2 saturated heterocycles. The zero-order valence-electron chi connectivity index (χ0n) is 17.6. The van der Waals surface area contributed by atoms with E-state index in [0.717, 1.165) is 59.4 Å². The van der Waals surface area contributed by atoms with Crippen molar-refractivity contribution in [3.63, 3.8) is 0 Å². The molecule has 8 nitrogen and oxygen atoms in total. The molecule has 2 unspecified atom stereocenters. The van der Waals surface area contributed by atoms with Gasteiger partial charge in [-0.3, -0.25) is 4.40 Å². The largest absolute Gasteiger partial charge is 0.382 e. The number of halogens is 1. The Labute approximate surface area is 190 Å². The third kappa shape index (κ3) is 3.44. The van der Waals surface area contributed by atoms with Crippen molar-refractivity contribution in [3.05, 3.63) is 35.2 Å². The third-order valence-electron chi connectivity index (χ3n) is 6.72. The smallest absolute Gasteiger partial charge is 0.176 e. The fourth-order valence-corrected chi connectivity index (χ4v) is 5.94. The Balaban J connectivity index is 1.45. The number of rotatable bonds is 3. The number of aryl methyl sites for hydroxylation is 1. The summed E-state index contributed by atoms with van der Waals surface area (Å²) in [6.07, 6.45) is 5.60. The SMILES string of the molecule is Cc1cc(N2CCC3(CC2)COC(C)C3N)n2cnnc2c1Sc1ccnc(N)c1Cl. The van der Waals surface area contributed by atoms with Gasteiger partial charge in [0.2, 0.25) is 0 Å². The molecule has 3 aromatic rings. The van der Waals surface area contributed by atoms with Gasteiger partial charge >= 0.3 is 0 Å². The first-order chi connectivity index (χ1) is 14.9. The van der Waals surface area contributed by atoms with Gasteiger partial charge in [0.05, 0.1) is 22.6 Å². The van der Waals surface area contributed by atoms with E-state index < -0.39 is 0 Å². The van der Waals surface area contributed by atoms with E-state index in [9.17, 15) is 0 Å². The van der Waals surface area contributed by atoms with E-state index in [1.807, 2.05) is 6.07 Å². The van der Waals surface area contributed by atoms with Crippen LogP contribution in [0.1, 0.15) is 25.3 Å². The highest BCUT2D eigenvalue weighted by Gasteiger charge is 2.47. The summed E-state index contributed by atoms with van der Waals surface area (Å²) in [6, 6.07) is 4.16. The second-order valence-electron chi connectivity index (χ2n) is 8.54. The lowest BCUT2D eigenvalue weighted by molar-refractivity contribution is 0.0974. The molecule has 0 radical (unpaired) electrons. The van der Waals surface area contributed by atoms with Crippen molar-refractivity contribution < 1.29 is 4.74 Å². The molecule has 10 heteroatoms. The number of piperidine rings is 1. The molecule has 0 amide bonds. The van der Waals surface area contributed by atoms with Crippen LogP contribution in [0.4, 0.5) is 11.6 Å². The highest BCUT2D eigenvalue weighted by atomic mass is 35.5. The number of hydrogen-bond acceptors (Lipinski definition) is 8. The number of pyridine rings is 2. The van der Waals surface area contributed by atoms with Crippen LogP contribution in [0.3, 0.4) is 0 Å². The Hall–Kier alpha value is -2.07. The summed E-state index contributed by atoms with van der Waals surface area (Å²) in [7, 11) is 0. The van der Waals surface area contributed by atoms with Crippen LogP contribution < -0.4 is 16.4 Å². The van der Waals surface area contributed by atoms with Crippen LogP contribution >= 0.6 is 23.4 Å². The lowest BCUT2D eigenvalue weighted by Crippen LogP contribution is -2.50. The van der Waals surface area contributed by atoms with Crippen molar-refractivity contribution in [1.29, 1.82) is 0 Å². The van der Waals surface area contributed by atoms with Crippen LogP contribution in [0, 0.1) is 12.3 Å². The maximum atomic E-state index is 6.49. The minimum atomic E-state index is 0.0884. The Bertz CT molecular complexity index is 1130. The highest BCUT2D eigenvalue weighted by Crippen LogP contribution is 2.43. The van der Waals surface area contributed by atoms with Crippen LogP contribution in [0.15, 0.2) is 34.4 Å². The van der Waals surface area contributed by atoms with E-state index in [1.165, 1.54) is 11.8 Å². The highest BCUT2D eigenvalue weighted by molar-refractivity contribution is 7.99. The lowest BCUT2D eigenvalue weighted by Gasteiger charge is -2.42. The fourth-order valence-electron chi connectivity index (χ4n) is 4.72. The molecule has 2 fully saturated rings. The predicted molar refractivity (Wildman–Crippen MR) is 123 cm³/mol.